The van der Waals surface area contributed by atoms with E-state index in [1.54, 1.807) is 6.07 Å². The van der Waals surface area contributed by atoms with Gasteiger partial charge in [-0.2, -0.15) is 5.26 Å². The fraction of sp³-hybridized carbons (Fsp3) is 0. The lowest BCUT2D eigenvalue weighted by molar-refractivity contribution is 0.501. The number of nitrogens with zero attached hydrogens (tertiary/aromatic N) is 1. The predicted octanol–water partition coefficient (Wildman–Crippen LogP) is 2.27. The molecule has 68 valence electrons. The molecule has 0 heterocycles. The molecule has 0 aliphatic carbocycles. The molecule has 0 saturated carbocycles. The zero-order valence-electron chi connectivity index (χ0n) is 6.27. The Labute approximate surface area is 77.8 Å². The van der Waals surface area contributed by atoms with Crippen LogP contribution >= 0.6 is 11.6 Å². The first kappa shape index (κ1) is 9.94. The summed E-state index contributed by atoms with van der Waals surface area (Å²) in [4.78, 5) is 0. The third-order valence-electron chi connectivity index (χ3n) is 1.49. The average Bonchev–Trinajstić information content (AvgIpc) is 2.03. The van der Waals surface area contributed by atoms with Crippen LogP contribution in [0.1, 0.15) is 5.56 Å². The summed E-state index contributed by atoms with van der Waals surface area (Å²) in [5.41, 5.74) is -0.959. The van der Waals surface area contributed by atoms with E-state index in [2.05, 4.69) is 0 Å². The van der Waals surface area contributed by atoms with Crippen LogP contribution in [-0.2, 0) is 0 Å². The van der Waals surface area contributed by atoms with Crippen molar-refractivity contribution >= 4 is 24.0 Å². The van der Waals surface area contributed by atoms with Gasteiger partial charge in [-0.3, -0.25) is 0 Å². The van der Waals surface area contributed by atoms with Crippen molar-refractivity contribution in [3.05, 3.63) is 28.8 Å². The number of hydrogen-bond acceptors (Lipinski definition) is 1. The summed E-state index contributed by atoms with van der Waals surface area (Å²) >= 11 is 5.46. The maximum atomic E-state index is 12.1. The van der Waals surface area contributed by atoms with E-state index in [0.717, 1.165) is 18.2 Å². The van der Waals surface area contributed by atoms with E-state index in [1.807, 2.05) is 0 Å². The van der Waals surface area contributed by atoms with Gasteiger partial charge >= 0.3 is 6.98 Å². The van der Waals surface area contributed by atoms with E-state index in [0.29, 0.717) is 0 Å². The summed E-state index contributed by atoms with van der Waals surface area (Å²) in [5, 5.41) is 8.45. The van der Waals surface area contributed by atoms with Gasteiger partial charge in [-0.25, -0.2) is 0 Å². The quantitative estimate of drug-likeness (QED) is 0.644. The van der Waals surface area contributed by atoms with Crippen LogP contribution in [0, 0.1) is 11.3 Å². The summed E-state index contributed by atoms with van der Waals surface area (Å²) in [6, 6.07) is 4.28. The molecule has 1 aromatic carbocycles. The summed E-state index contributed by atoms with van der Waals surface area (Å²) in [5.74, 6) is 0. The first-order chi connectivity index (χ1) is 5.95. The van der Waals surface area contributed by atoms with Crippen LogP contribution in [0.2, 0.25) is 5.02 Å². The average molecular weight is 204 g/mol. The summed E-state index contributed by atoms with van der Waals surface area (Å²) in [7, 11) is 0. The zero-order valence-corrected chi connectivity index (χ0v) is 7.02. The highest BCUT2D eigenvalue weighted by molar-refractivity contribution is 6.73. The van der Waals surface area contributed by atoms with Gasteiger partial charge in [0.25, 0.3) is 0 Å². The molecule has 0 aromatic heterocycles. The van der Waals surface area contributed by atoms with Gasteiger partial charge in [-0.1, -0.05) is 23.7 Å². The fourth-order valence-corrected chi connectivity index (χ4v) is 0.992. The van der Waals surface area contributed by atoms with E-state index >= 15 is 0 Å². The van der Waals surface area contributed by atoms with Gasteiger partial charge in [-0.05, 0) is 6.07 Å². The van der Waals surface area contributed by atoms with Crippen molar-refractivity contribution in [2.45, 2.75) is 0 Å². The molecule has 6 heteroatoms. The lowest BCUT2D eigenvalue weighted by Gasteiger charge is -2.14. The van der Waals surface area contributed by atoms with E-state index in [1.165, 1.54) is 0 Å². The zero-order chi connectivity index (χ0) is 10.1. The molecule has 0 amide bonds. The molecule has 1 aromatic rings. The molecule has 0 unspecified atom stereocenters. The molecule has 0 N–H and O–H groups in total. The first-order valence-electron chi connectivity index (χ1n) is 3.34. The third-order valence-corrected chi connectivity index (χ3v) is 1.82. The van der Waals surface area contributed by atoms with Crippen LogP contribution in [0.4, 0.5) is 12.9 Å². The van der Waals surface area contributed by atoms with Crippen LogP contribution < -0.4 is 5.46 Å². The standard InChI is InChI=1S/C7H3BClF3N/c9-7-2-1-6(8(10,11)12)3-5(7)4-13/h1-3H/q-1. The Kier molecular flexibility index (Phi) is 2.53. The van der Waals surface area contributed by atoms with Gasteiger partial charge in [0.1, 0.15) is 6.07 Å². The van der Waals surface area contributed by atoms with Gasteiger partial charge in [0.2, 0.25) is 0 Å². The van der Waals surface area contributed by atoms with Crippen molar-refractivity contribution in [2.24, 2.45) is 0 Å². The monoisotopic (exact) mass is 204 g/mol. The smallest absolute Gasteiger partial charge is 0.445 e. The number of rotatable bonds is 1. The molecule has 0 radical (unpaired) electrons. The number of halogens is 4. The Bertz CT molecular complexity index is 369. The maximum Gasteiger partial charge on any atom is 0.509 e. The van der Waals surface area contributed by atoms with Crippen LogP contribution in [-0.4, -0.2) is 6.98 Å². The first-order valence-corrected chi connectivity index (χ1v) is 3.72. The Morgan fingerprint density at radius 3 is 2.38 bits per heavy atom. The molecule has 0 aliphatic rings. The minimum Gasteiger partial charge on any atom is -0.445 e. The molecule has 0 atom stereocenters. The second-order valence-corrected chi connectivity index (χ2v) is 2.83. The van der Waals surface area contributed by atoms with Gasteiger partial charge in [0, 0.05) is 0 Å². The molecular formula is C7H3BClF3N-. The van der Waals surface area contributed by atoms with E-state index < -0.39 is 12.4 Å². The van der Waals surface area contributed by atoms with E-state index in [9.17, 15) is 12.9 Å². The minimum absolute atomic E-state index is 0.0336. The van der Waals surface area contributed by atoms with E-state index in [-0.39, 0.29) is 10.6 Å². The van der Waals surface area contributed by atoms with Crippen molar-refractivity contribution in [1.82, 2.24) is 0 Å². The van der Waals surface area contributed by atoms with Gasteiger partial charge < -0.3 is 12.9 Å². The molecule has 0 spiro atoms. The minimum atomic E-state index is -5.06. The number of benzene rings is 1. The van der Waals surface area contributed by atoms with Crippen molar-refractivity contribution in [1.29, 1.82) is 5.26 Å². The molecule has 1 nitrogen and oxygen atoms in total. The second-order valence-electron chi connectivity index (χ2n) is 2.43. The molecule has 0 bridgehead atoms. The Balaban J connectivity index is 3.24. The predicted molar refractivity (Wildman–Crippen MR) is 44.9 cm³/mol. The number of hydrogen-bond donors (Lipinski definition) is 0. The Morgan fingerprint density at radius 1 is 1.31 bits per heavy atom. The van der Waals surface area contributed by atoms with Crippen molar-refractivity contribution in [2.75, 3.05) is 0 Å². The lowest BCUT2D eigenvalue weighted by atomic mass is 9.79. The topological polar surface area (TPSA) is 23.8 Å². The molecule has 0 fully saturated rings. The number of nitriles is 1. The molecule has 13 heavy (non-hydrogen) atoms. The normalized spacial score (nSPS) is 11.0. The van der Waals surface area contributed by atoms with Crippen LogP contribution in [0.25, 0.3) is 0 Å². The fourth-order valence-electron chi connectivity index (χ4n) is 0.832. The highest BCUT2D eigenvalue weighted by Gasteiger charge is 2.25. The van der Waals surface area contributed by atoms with Crippen molar-refractivity contribution in [3.8, 4) is 6.07 Å². The largest absolute Gasteiger partial charge is 0.509 e. The highest BCUT2D eigenvalue weighted by atomic mass is 35.5. The Morgan fingerprint density at radius 2 is 1.92 bits per heavy atom. The van der Waals surface area contributed by atoms with E-state index in [4.69, 9.17) is 16.9 Å². The van der Waals surface area contributed by atoms with Gasteiger partial charge in [-0.15, -0.1) is 5.46 Å². The molecular weight excluding hydrogens is 201 g/mol. The summed E-state index contributed by atoms with van der Waals surface area (Å²) in [6.45, 7) is -5.06. The lowest BCUT2D eigenvalue weighted by Crippen LogP contribution is -2.34. The SMILES string of the molecule is N#Cc1cc([B-](F)(F)F)ccc1Cl. The van der Waals surface area contributed by atoms with Gasteiger partial charge in [0.05, 0.1) is 10.6 Å². The van der Waals surface area contributed by atoms with Crippen LogP contribution in [0.5, 0.6) is 0 Å². The van der Waals surface area contributed by atoms with Crippen molar-refractivity contribution < 1.29 is 12.9 Å². The van der Waals surface area contributed by atoms with Crippen LogP contribution in [0.3, 0.4) is 0 Å². The van der Waals surface area contributed by atoms with Gasteiger partial charge in [0.15, 0.2) is 0 Å². The highest BCUT2D eigenvalue weighted by Crippen LogP contribution is 2.16. The summed E-state index contributed by atoms with van der Waals surface area (Å²) in [6.07, 6.45) is 0. The molecule has 0 saturated heterocycles. The summed E-state index contributed by atoms with van der Waals surface area (Å²) < 4.78 is 36.4. The Hall–Kier alpha value is -1.15. The maximum absolute atomic E-state index is 12.1. The second kappa shape index (κ2) is 3.31. The third kappa shape index (κ3) is 2.16. The molecule has 1 rings (SSSR count). The van der Waals surface area contributed by atoms with Crippen molar-refractivity contribution in [3.63, 3.8) is 0 Å². The van der Waals surface area contributed by atoms with Crippen LogP contribution in [0.15, 0.2) is 18.2 Å². The molecule has 0 aliphatic heterocycles.